The molecule has 0 spiro atoms. The number of benzene rings is 1. The molecule has 3 N–H and O–H groups in total. The molecule has 3 aliphatic rings. The number of rotatable bonds is 7. The highest BCUT2D eigenvalue weighted by molar-refractivity contribution is 5.89. The average Bonchev–Trinajstić information content (AvgIpc) is 3.40. The molecule has 5 rings (SSSR count). The lowest BCUT2D eigenvalue weighted by atomic mass is 9.87. The summed E-state index contributed by atoms with van der Waals surface area (Å²) < 4.78 is 7.16. The molecule has 1 aliphatic carbocycles. The predicted octanol–water partition coefficient (Wildman–Crippen LogP) is 2.28. The number of methoxy groups -OCH3 is 1. The molecule has 4 atom stereocenters. The maximum absolute atomic E-state index is 13.7. The van der Waals surface area contributed by atoms with Crippen LogP contribution in [0.2, 0.25) is 0 Å². The molecule has 0 radical (unpaired) electrons. The van der Waals surface area contributed by atoms with Gasteiger partial charge in [-0.3, -0.25) is 9.59 Å². The van der Waals surface area contributed by atoms with Crippen LogP contribution in [-0.4, -0.2) is 58.9 Å². The van der Waals surface area contributed by atoms with E-state index in [1.54, 1.807) is 22.6 Å². The molecular weight excluding hydrogens is 460 g/mol. The van der Waals surface area contributed by atoms with Crippen LogP contribution in [0.15, 0.2) is 41.2 Å². The van der Waals surface area contributed by atoms with Crippen LogP contribution in [0.1, 0.15) is 44.3 Å². The van der Waals surface area contributed by atoms with Crippen LogP contribution >= 0.6 is 0 Å². The van der Waals surface area contributed by atoms with Gasteiger partial charge in [0.15, 0.2) is 0 Å². The molecule has 1 saturated heterocycles. The number of nitrogens with one attached hydrogen (secondary N) is 2. The SMILES string of the molecule is CCCNC(=O)N1[C@@H]2c3ccc(-c4ccccc4OC)c(=O)n3C[C@@H]2[C@@H](CO)[C@@H]1C(=O)NC1CCC1. The van der Waals surface area contributed by atoms with E-state index in [1.165, 1.54) is 0 Å². The zero-order valence-corrected chi connectivity index (χ0v) is 20.8. The van der Waals surface area contributed by atoms with Crippen LogP contribution in [0.3, 0.4) is 0 Å². The second-order valence-electron chi connectivity index (χ2n) is 9.96. The zero-order valence-electron chi connectivity index (χ0n) is 20.8. The van der Waals surface area contributed by atoms with Crippen molar-refractivity contribution >= 4 is 11.9 Å². The highest BCUT2D eigenvalue weighted by Crippen LogP contribution is 2.49. The van der Waals surface area contributed by atoms with Gasteiger partial charge in [0.25, 0.3) is 5.56 Å². The minimum absolute atomic E-state index is 0.121. The molecule has 2 fully saturated rings. The number of aromatic nitrogens is 1. The Kier molecular flexibility index (Phi) is 6.75. The minimum Gasteiger partial charge on any atom is -0.496 e. The largest absolute Gasteiger partial charge is 0.496 e. The number of carbonyl (C=O) groups is 2. The summed E-state index contributed by atoms with van der Waals surface area (Å²) in [6, 6.07) is 9.52. The van der Waals surface area contributed by atoms with Gasteiger partial charge >= 0.3 is 6.03 Å². The first kappa shape index (κ1) is 24.4. The lowest BCUT2D eigenvalue weighted by Crippen LogP contribution is -2.55. The van der Waals surface area contributed by atoms with Gasteiger partial charge in [-0.05, 0) is 43.9 Å². The van der Waals surface area contributed by atoms with E-state index in [1.807, 2.05) is 37.3 Å². The number of amides is 3. The van der Waals surface area contributed by atoms with Crippen LogP contribution < -0.4 is 20.9 Å². The van der Waals surface area contributed by atoms with Gasteiger partial charge in [-0.15, -0.1) is 0 Å². The number of aliphatic hydroxyl groups is 1. The standard InChI is InChI=1S/C27H34N4O5/c1-3-13-28-27(35)31-23-19(20(15-32)24(31)25(33)29-16-7-6-8-16)14-30-21(23)12-11-18(26(30)34)17-9-4-5-10-22(17)36-2/h4-5,9-12,16,19-20,23-24,32H,3,6-8,13-15H2,1-2H3,(H,28,35)(H,29,33)/t19-,20-,23+,24-/m1/s1. The van der Waals surface area contributed by atoms with Crippen molar-refractivity contribution in [2.75, 3.05) is 20.3 Å². The summed E-state index contributed by atoms with van der Waals surface area (Å²) in [6.45, 7) is 2.53. The van der Waals surface area contributed by atoms with Crippen molar-refractivity contribution in [2.45, 2.75) is 57.3 Å². The third-order valence-electron chi connectivity index (χ3n) is 7.95. The Bertz CT molecular complexity index is 1210. The van der Waals surface area contributed by atoms with E-state index in [-0.39, 0.29) is 36.1 Å². The van der Waals surface area contributed by atoms with Crippen molar-refractivity contribution in [1.29, 1.82) is 0 Å². The van der Waals surface area contributed by atoms with E-state index in [2.05, 4.69) is 10.6 Å². The molecular formula is C27H34N4O5. The number of nitrogens with zero attached hydrogens (tertiary/aromatic N) is 2. The molecule has 3 amide bonds. The number of aliphatic hydroxyl groups excluding tert-OH is 1. The maximum atomic E-state index is 13.7. The first-order valence-electron chi connectivity index (χ1n) is 12.8. The number of hydrogen-bond acceptors (Lipinski definition) is 5. The topological polar surface area (TPSA) is 113 Å². The van der Waals surface area contributed by atoms with Crippen molar-refractivity contribution in [3.63, 3.8) is 0 Å². The molecule has 9 nitrogen and oxygen atoms in total. The third-order valence-corrected chi connectivity index (χ3v) is 7.95. The monoisotopic (exact) mass is 494 g/mol. The molecule has 192 valence electrons. The molecule has 0 unspecified atom stereocenters. The molecule has 1 aromatic heterocycles. The Labute approximate surface area is 210 Å². The Morgan fingerprint density at radius 2 is 1.92 bits per heavy atom. The summed E-state index contributed by atoms with van der Waals surface area (Å²) in [5.41, 5.74) is 1.73. The zero-order chi connectivity index (χ0) is 25.4. The molecule has 2 aromatic rings. The smallest absolute Gasteiger partial charge is 0.318 e. The second kappa shape index (κ2) is 9.97. The maximum Gasteiger partial charge on any atom is 0.318 e. The Hall–Kier alpha value is -3.33. The fraction of sp³-hybridized carbons (Fsp3) is 0.519. The third kappa shape index (κ3) is 3.95. The lowest BCUT2D eigenvalue weighted by molar-refractivity contribution is -0.128. The fourth-order valence-electron chi connectivity index (χ4n) is 5.94. The second-order valence-corrected chi connectivity index (χ2v) is 9.96. The quantitative estimate of drug-likeness (QED) is 0.547. The van der Waals surface area contributed by atoms with Crippen molar-refractivity contribution in [2.24, 2.45) is 11.8 Å². The van der Waals surface area contributed by atoms with Gasteiger partial charge in [-0.1, -0.05) is 25.1 Å². The molecule has 36 heavy (non-hydrogen) atoms. The number of likely N-dealkylation sites (tertiary alicyclic amines) is 1. The van der Waals surface area contributed by atoms with E-state index >= 15 is 0 Å². The minimum atomic E-state index is -0.791. The molecule has 3 heterocycles. The summed E-state index contributed by atoms with van der Waals surface area (Å²) in [4.78, 5) is 42.0. The Balaban J connectivity index is 1.55. The number of ether oxygens (including phenoxy) is 1. The predicted molar refractivity (Wildman–Crippen MR) is 135 cm³/mol. The first-order valence-corrected chi connectivity index (χ1v) is 12.8. The van der Waals surface area contributed by atoms with E-state index in [0.717, 1.165) is 25.7 Å². The van der Waals surface area contributed by atoms with Crippen molar-refractivity contribution in [3.8, 4) is 16.9 Å². The average molecular weight is 495 g/mol. The lowest BCUT2D eigenvalue weighted by Gasteiger charge is -2.34. The number of carbonyl (C=O) groups excluding carboxylic acids is 2. The van der Waals surface area contributed by atoms with Crippen LogP contribution in [0.25, 0.3) is 11.1 Å². The van der Waals surface area contributed by atoms with Gasteiger partial charge in [0.05, 0.1) is 18.7 Å². The van der Waals surface area contributed by atoms with Crippen molar-refractivity contribution in [1.82, 2.24) is 20.1 Å². The van der Waals surface area contributed by atoms with Gasteiger partial charge < -0.3 is 29.9 Å². The fourth-order valence-corrected chi connectivity index (χ4v) is 5.94. The van der Waals surface area contributed by atoms with Crippen LogP contribution in [0.4, 0.5) is 4.79 Å². The Morgan fingerprint density at radius 3 is 2.58 bits per heavy atom. The number of para-hydroxylation sites is 1. The Morgan fingerprint density at radius 1 is 1.14 bits per heavy atom. The van der Waals surface area contributed by atoms with Crippen molar-refractivity contribution in [3.05, 3.63) is 52.4 Å². The van der Waals surface area contributed by atoms with E-state index in [4.69, 9.17) is 4.74 Å². The van der Waals surface area contributed by atoms with Gasteiger partial charge in [-0.2, -0.15) is 0 Å². The molecule has 1 saturated carbocycles. The summed E-state index contributed by atoms with van der Waals surface area (Å²) >= 11 is 0. The first-order chi connectivity index (χ1) is 17.5. The summed E-state index contributed by atoms with van der Waals surface area (Å²) in [6.07, 6.45) is 3.70. The van der Waals surface area contributed by atoms with Crippen molar-refractivity contribution < 1.29 is 19.4 Å². The van der Waals surface area contributed by atoms with Gasteiger partial charge in [0.2, 0.25) is 5.91 Å². The van der Waals surface area contributed by atoms with E-state index < -0.39 is 18.0 Å². The highest BCUT2D eigenvalue weighted by Gasteiger charge is 2.57. The number of pyridine rings is 1. The van der Waals surface area contributed by atoms with Gasteiger partial charge in [-0.25, -0.2) is 4.79 Å². The van der Waals surface area contributed by atoms with Gasteiger partial charge in [0.1, 0.15) is 11.8 Å². The van der Waals surface area contributed by atoms with Crippen LogP contribution in [0, 0.1) is 11.8 Å². The molecule has 1 aromatic carbocycles. The van der Waals surface area contributed by atoms with Gasteiger partial charge in [0, 0.05) is 48.8 Å². The van der Waals surface area contributed by atoms with Crippen LogP contribution in [-0.2, 0) is 11.3 Å². The van der Waals surface area contributed by atoms with Crippen LogP contribution in [0.5, 0.6) is 5.75 Å². The van der Waals surface area contributed by atoms with E-state index in [0.29, 0.717) is 35.7 Å². The molecule has 9 heteroatoms. The normalized spacial score (nSPS) is 24.6. The molecule has 0 bridgehead atoms. The molecule has 2 aliphatic heterocycles. The number of urea groups is 1. The number of hydrogen-bond donors (Lipinski definition) is 3. The highest BCUT2D eigenvalue weighted by atomic mass is 16.5. The summed E-state index contributed by atoms with van der Waals surface area (Å²) in [5.74, 6) is -0.342. The summed E-state index contributed by atoms with van der Waals surface area (Å²) in [7, 11) is 1.57. The van der Waals surface area contributed by atoms with E-state index in [9.17, 15) is 19.5 Å². The summed E-state index contributed by atoms with van der Waals surface area (Å²) in [5, 5.41) is 16.4. The number of fused-ring (bicyclic) bond motifs is 3.